The van der Waals surface area contributed by atoms with Gasteiger partial charge in [0.25, 0.3) is 0 Å². The van der Waals surface area contributed by atoms with Crippen molar-refractivity contribution in [2.75, 3.05) is 19.6 Å². The first-order chi connectivity index (χ1) is 8.59. The van der Waals surface area contributed by atoms with Gasteiger partial charge >= 0.3 is 0 Å². The highest BCUT2D eigenvalue weighted by Gasteiger charge is 2.29. The summed E-state index contributed by atoms with van der Waals surface area (Å²) in [5.41, 5.74) is 0.568. The molecule has 0 amide bonds. The SMILES string of the molecule is CCCN1CCC(NC2CCCC(C)(C)C2)CC1. The lowest BCUT2D eigenvalue weighted by molar-refractivity contribution is 0.154. The van der Waals surface area contributed by atoms with Crippen LogP contribution in [0.3, 0.4) is 0 Å². The van der Waals surface area contributed by atoms with E-state index >= 15 is 0 Å². The van der Waals surface area contributed by atoms with E-state index in [-0.39, 0.29) is 0 Å². The molecule has 1 unspecified atom stereocenters. The minimum absolute atomic E-state index is 0.568. The lowest BCUT2D eigenvalue weighted by Crippen LogP contribution is -2.48. The van der Waals surface area contributed by atoms with E-state index in [0.717, 1.165) is 12.1 Å². The van der Waals surface area contributed by atoms with Gasteiger partial charge in [-0.15, -0.1) is 0 Å². The fourth-order valence-corrected chi connectivity index (χ4v) is 3.81. The molecule has 1 atom stereocenters. The van der Waals surface area contributed by atoms with Gasteiger partial charge in [-0.3, -0.25) is 0 Å². The minimum Gasteiger partial charge on any atom is -0.311 e. The van der Waals surface area contributed by atoms with E-state index in [4.69, 9.17) is 0 Å². The summed E-state index contributed by atoms with van der Waals surface area (Å²) in [6, 6.07) is 1.58. The average Bonchev–Trinajstić information content (AvgIpc) is 2.31. The monoisotopic (exact) mass is 252 g/mol. The Labute approximate surface area is 114 Å². The van der Waals surface area contributed by atoms with Crippen LogP contribution in [-0.4, -0.2) is 36.6 Å². The van der Waals surface area contributed by atoms with Crippen molar-refractivity contribution < 1.29 is 0 Å². The molecule has 18 heavy (non-hydrogen) atoms. The Bertz CT molecular complexity index is 241. The predicted molar refractivity (Wildman–Crippen MR) is 78.9 cm³/mol. The van der Waals surface area contributed by atoms with Crippen LogP contribution in [0.15, 0.2) is 0 Å². The van der Waals surface area contributed by atoms with Gasteiger partial charge in [0.1, 0.15) is 0 Å². The molecule has 0 bridgehead atoms. The molecule has 1 aliphatic carbocycles. The van der Waals surface area contributed by atoms with Crippen molar-refractivity contribution in [3.63, 3.8) is 0 Å². The number of hydrogen-bond donors (Lipinski definition) is 1. The quantitative estimate of drug-likeness (QED) is 0.825. The third-order valence-electron chi connectivity index (χ3n) is 4.80. The van der Waals surface area contributed by atoms with Crippen LogP contribution in [0.1, 0.15) is 65.7 Å². The minimum atomic E-state index is 0.568. The molecule has 2 rings (SSSR count). The van der Waals surface area contributed by atoms with E-state index in [1.54, 1.807) is 0 Å². The highest BCUT2D eigenvalue weighted by Crippen LogP contribution is 2.35. The summed E-state index contributed by atoms with van der Waals surface area (Å²) in [6.45, 7) is 11.1. The second-order valence-electron chi connectivity index (χ2n) is 7.24. The Hall–Kier alpha value is -0.0800. The van der Waals surface area contributed by atoms with Crippen molar-refractivity contribution in [1.29, 1.82) is 0 Å². The smallest absolute Gasteiger partial charge is 0.00940 e. The third kappa shape index (κ3) is 4.24. The largest absolute Gasteiger partial charge is 0.311 e. The number of likely N-dealkylation sites (tertiary alicyclic amines) is 1. The van der Waals surface area contributed by atoms with E-state index in [2.05, 4.69) is 31.0 Å². The van der Waals surface area contributed by atoms with E-state index in [1.807, 2.05) is 0 Å². The Morgan fingerprint density at radius 1 is 1.11 bits per heavy atom. The summed E-state index contributed by atoms with van der Waals surface area (Å²) in [7, 11) is 0. The molecule has 1 saturated carbocycles. The van der Waals surface area contributed by atoms with Gasteiger partial charge in [0, 0.05) is 12.1 Å². The predicted octanol–water partition coefficient (Wildman–Crippen LogP) is 3.42. The van der Waals surface area contributed by atoms with E-state index in [9.17, 15) is 0 Å². The fourth-order valence-electron chi connectivity index (χ4n) is 3.81. The van der Waals surface area contributed by atoms with Crippen LogP contribution in [-0.2, 0) is 0 Å². The van der Waals surface area contributed by atoms with Crippen LogP contribution in [0.5, 0.6) is 0 Å². The Balaban J connectivity index is 1.71. The molecule has 1 saturated heterocycles. The summed E-state index contributed by atoms with van der Waals surface area (Å²) in [5.74, 6) is 0. The Morgan fingerprint density at radius 3 is 2.44 bits per heavy atom. The number of nitrogens with zero attached hydrogens (tertiary/aromatic N) is 1. The van der Waals surface area contributed by atoms with Crippen molar-refractivity contribution in [2.45, 2.75) is 77.8 Å². The standard InChI is InChI=1S/C16H32N2/c1-4-10-18-11-7-14(8-12-18)17-15-6-5-9-16(2,3)13-15/h14-15,17H,4-13H2,1-3H3. The second-order valence-corrected chi connectivity index (χ2v) is 7.24. The normalized spacial score (nSPS) is 30.5. The van der Waals surface area contributed by atoms with Gasteiger partial charge in [-0.25, -0.2) is 0 Å². The summed E-state index contributed by atoms with van der Waals surface area (Å²) < 4.78 is 0. The molecule has 2 heteroatoms. The van der Waals surface area contributed by atoms with Crippen LogP contribution in [0.25, 0.3) is 0 Å². The molecule has 1 N–H and O–H groups in total. The molecule has 0 aromatic rings. The highest BCUT2D eigenvalue weighted by atomic mass is 15.1. The number of nitrogens with one attached hydrogen (secondary N) is 1. The van der Waals surface area contributed by atoms with Gasteiger partial charge in [-0.1, -0.05) is 27.2 Å². The van der Waals surface area contributed by atoms with Crippen LogP contribution < -0.4 is 5.32 Å². The maximum atomic E-state index is 3.95. The molecule has 2 fully saturated rings. The maximum absolute atomic E-state index is 3.95. The van der Waals surface area contributed by atoms with Gasteiger partial charge < -0.3 is 10.2 Å². The Morgan fingerprint density at radius 2 is 1.83 bits per heavy atom. The van der Waals surface area contributed by atoms with Crippen molar-refractivity contribution in [1.82, 2.24) is 10.2 Å². The first-order valence-electron chi connectivity index (χ1n) is 8.07. The number of rotatable bonds is 4. The van der Waals surface area contributed by atoms with E-state index in [1.165, 1.54) is 64.6 Å². The summed E-state index contributed by atoms with van der Waals surface area (Å²) in [4.78, 5) is 2.63. The van der Waals surface area contributed by atoms with Gasteiger partial charge in [0.2, 0.25) is 0 Å². The molecule has 1 heterocycles. The van der Waals surface area contributed by atoms with Crippen molar-refractivity contribution >= 4 is 0 Å². The number of piperidine rings is 1. The van der Waals surface area contributed by atoms with Gasteiger partial charge in [0.15, 0.2) is 0 Å². The molecule has 1 aliphatic heterocycles. The Kier molecular flexibility index (Phi) is 5.08. The summed E-state index contributed by atoms with van der Waals surface area (Å²) in [6.07, 6.45) is 9.63. The first-order valence-corrected chi connectivity index (χ1v) is 8.07. The molecule has 0 aromatic carbocycles. The van der Waals surface area contributed by atoms with Crippen molar-refractivity contribution in [3.8, 4) is 0 Å². The zero-order chi connectivity index (χ0) is 13.0. The highest BCUT2D eigenvalue weighted by molar-refractivity contribution is 4.87. The second kappa shape index (κ2) is 6.38. The van der Waals surface area contributed by atoms with E-state index in [0.29, 0.717) is 5.41 Å². The molecular formula is C16H32N2. The van der Waals surface area contributed by atoms with Crippen LogP contribution in [0, 0.1) is 5.41 Å². The third-order valence-corrected chi connectivity index (χ3v) is 4.80. The number of hydrogen-bond acceptors (Lipinski definition) is 2. The molecule has 0 aromatic heterocycles. The molecular weight excluding hydrogens is 220 g/mol. The van der Waals surface area contributed by atoms with Crippen LogP contribution >= 0.6 is 0 Å². The molecule has 0 spiro atoms. The summed E-state index contributed by atoms with van der Waals surface area (Å²) in [5, 5.41) is 3.95. The lowest BCUT2D eigenvalue weighted by Gasteiger charge is -2.39. The van der Waals surface area contributed by atoms with Crippen molar-refractivity contribution in [3.05, 3.63) is 0 Å². The maximum Gasteiger partial charge on any atom is 0.00940 e. The summed E-state index contributed by atoms with van der Waals surface area (Å²) >= 11 is 0. The van der Waals surface area contributed by atoms with E-state index < -0.39 is 0 Å². The molecule has 0 radical (unpaired) electrons. The topological polar surface area (TPSA) is 15.3 Å². The van der Waals surface area contributed by atoms with Crippen LogP contribution in [0.2, 0.25) is 0 Å². The first kappa shape index (κ1) is 14.3. The lowest BCUT2D eigenvalue weighted by atomic mass is 9.75. The van der Waals surface area contributed by atoms with Gasteiger partial charge in [-0.05, 0) is 63.6 Å². The molecule has 2 aliphatic rings. The molecule has 106 valence electrons. The molecule has 2 nitrogen and oxygen atoms in total. The zero-order valence-electron chi connectivity index (χ0n) is 12.7. The van der Waals surface area contributed by atoms with Crippen LogP contribution in [0.4, 0.5) is 0 Å². The van der Waals surface area contributed by atoms with Gasteiger partial charge in [0.05, 0.1) is 0 Å². The fraction of sp³-hybridized carbons (Fsp3) is 1.00. The van der Waals surface area contributed by atoms with Crippen molar-refractivity contribution in [2.24, 2.45) is 5.41 Å². The zero-order valence-corrected chi connectivity index (χ0v) is 12.7. The van der Waals surface area contributed by atoms with Gasteiger partial charge in [-0.2, -0.15) is 0 Å². The average molecular weight is 252 g/mol.